The molecule has 27 heavy (non-hydrogen) atoms. The van der Waals surface area contributed by atoms with E-state index < -0.39 is 24.1 Å². The van der Waals surface area contributed by atoms with Gasteiger partial charge in [0, 0.05) is 12.3 Å². The van der Waals surface area contributed by atoms with Crippen molar-refractivity contribution >= 4 is 23.3 Å². The van der Waals surface area contributed by atoms with Gasteiger partial charge in [-0.05, 0) is 32.0 Å². The van der Waals surface area contributed by atoms with E-state index in [9.17, 15) is 14.4 Å². The molecule has 2 unspecified atom stereocenters. The number of hydrogen-bond donors (Lipinski definition) is 3. The van der Waals surface area contributed by atoms with E-state index >= 15 is 0 Å². The highest BCUT2D eigenvalue weighted by Crippen LogP contribution is 2.21. The molecule has 1 aliphatic rings. The minimum atomic E-state index is -1.14. The van der Waals surface area contributed by atoms with Crippen molar-refractivity contribution in [1.29, 1.82) is 0 Å². The first kappa shape index (κ1) is 18.3. The zero-order valence-corrected chi connectivity index (χ0v) is 14.9. The minimum absolute atomic E-state index is 0.238. The number of carbonyl (C=O) groups is 2. The lowest BCUT2D eigenvalue weighted by Crippen LogP contribution is -2.43. The number of hydrogen-bond acceptors (Lipinski definition) is 5. The number of aromatic nitrogens is 1. The zero-order valence-electron chi connectivity index (χ0n) is 14.9. The fraction of sp³-hybridized carbons (Fsp3) is 0.278. The second kappa shape index (κ2) is 7.40. The smallest absolute Gasteiger partial charge is 0.323 e. The first-order valence-corrected chi connectivity index (χ1v) is 8.40. The maximum absolute atomic E-state index is 12.6. The Morgan fingerprint density at radius 1 is 1.26 bits per heavy atom. The van der Waals surface area contributed by atoms with Gasteiger partial charge in [-0.3, -0.25) is 14.4 Å². The molecule has 0 fully saturated rings. The van der Waals surface area contributed by atoms with Crippen LogP contribution in [-0.2, 0) is 16.1 Å². The van der Waals surface area contributed by atoms with Crippen LogP contribution in [0.3, 0.4) is 0 Å². The van der Waals surface area contributed by atoms with Crippen LogP contribution < -0.4 is 16.3 Å². The first-order valence-electron chi connectivity index (χ1n) is 8.40. The van der Waals surface area contributed by atoms with E-state index in [0.717, 1.165) is 15.8 Å². The fourth-order valence-electron chi connectivity index (χ4n) is 2.83. The summed E-state index contributed by atoms with van der Waals surface area (Å²) in [6.07, 6.45) is 1.31. The maximum atomic E-state index is 12.6. The standard InChI is InChI=1S/C18H19N5O4/c1-11-3-6-14(7-4-11)23-12(2)17(20-21-23)18(27)19-13-5-8-15(24)22(9-13)10-16(25)26/h3-9,12,17H,10H2,1-2H3,(H2,19,25,26,27)/p+1. The molecular weight excluding hydrogens is 350 g/mol. The predicted octanol–water partition coefficient (Wildman–Crippen LogP) is 1.25. The van der Waals surface area contributed by atoms with Crippen molar-refractivity contribution < 1.29 is 19.4 Å². The van der Waals surface area contributed by atoms with E-state index in [1.54, 1.807) is 4.70 Å². The van der Waals surface area contributed by atoms with Gasteiger partial charge in [0.1, 0.15) is 12.2 Å². The van der Waals surface area contributed by atoms with Gasteiger partial charge in [0.15, 0.2) is 6.04 Å². The Labute approximate surface area is 154 Å². The monoisotopic (exact) mass is 370 g/mol. The Bertz CT molecular complexity index is 964. The Hall–Kier alpha value is -3.49. The van der Waals surface area contributed by atoms with E-state index in [2.05, 4.69) is 16.0 Å². The first-order chi connectivity index (χ1) is 12.8. The van der Waals surface area contributed by atoms with Crippen molar-refractivity contribution in [2.24, 2.45) is 5.22 Å². The maximum Gasteiger partial charge on any atom is 0.323 e. The summed E-state index contributed by atoms with van der Waals surface area (Å²) in [5.74, 6) is -1.47. The van der Waals surface area contributed by atoms with Crippen molar-refractivity contribution in [2.45, 2.75) is 32.5 Å². The third kappa shape index (κ3) is 4.02. The van der Waals surface area contributed by atoms with Crippen LogP contribution in [-0.4, -0.2) is 38.3 Å². The van der Waals surface area contributed by atoms with Gasteiger partial charge in [0.25, 0.3) is 11.5 Å². The molecule has 9 nitrogen and oxygen atoms in total. The third-order valence-electron chi connectivity index (χ3n) is 4.31. The molecule has 2 heterocycles. The van der Waals surface area contributed by atoms with Crippen molar-refractivity contribution in [3.8, 4) is 0 Å². The fourth-order valence-corrected chi connectivity index (χ4v) is 2.83. The molecular formula is C18H20N5O4+. The second-order valence-corrected chi connectivity index (χ2v) is 6.39. The Morgan fingerprint density at radius 2 is 1.96 bits per heavy atom. The average Bonchev–Trinajstić information content (AvgIpc) is 3.00. The molecule has 1 aliphatic heterocycles. The van der Waals surface area contributed by atoms with Crippen LogP contribution in [0.25, 0.3) is 0 Å². The summed E-state index contributed by atoms with van der Waals surface area (Å²) >= 11 is 0. The number of nitrogens with zero attached hydrogens (tertiary/aromatic N) is 3. The molecule has 0 bridgehead atoms. The Balaban J connectivity index is 1.71. The van der Waals surface area contributed by atoms with Crippen LogP contribution in [0.15, 0.2) is 52.6 Å². The largest absolute Gasteiger partial charge is 0.480 e. The summed E-state index contributed by atoms with van der Waals surface area (Å²) in [6, 6.07) is 9.61. The lowest BCUT2D eigenvalue weighted by Gasteiger charge is -2.12. The highest BCUT2D eigenvalue weighted by Gasteiger charge is 2.40. The number of carboxylic acids is 1. The molecule has 0 aliphatic carbocycles. The molecule has 0 spiro atoms. The number of benzene rings is 1. The third-order valence-corrected chi connectivity index (χ3v) is 4.31. The van der Waals surface area contributed by atoms with E-state index in [-0.39, 0.29) is 11.9 Å². The lowest BCUT2D eigenvalue weighted by atomic mass is 10.1. The highest BCUT2D eigenvalue weighted by atomic mass is 16.4. The number of aliphatic carboxylic acids is 1. The van der Waals surface area contributed by atoms with Crippen LogP contribution in [0.4, 0.5) is 11.4 Å². The lowest BCUT2D eigenvalue weighted by molar-refractivity contribution is -0.533. The number of carbonyl (C=O) groups excluding carboxylic acids is 1. The van der Waals surface area contributed by atoms with Crippen LogP contribution >= 0.6 is 0 Å². The van der Waals surface area contributed by atoms with E-state index in [0.29, 0.717) is 5.69 Å². The van der Waals surface area contributed by atoms with Gasteiger partial charge in [-0.25, -0.2) is 0 Å². The highest BCUT2D eigenvalue weighted by molar-refractivity contribution is 5.95. The van der Waals surface area contributed by atoms with Gasteiger partial charge < -0.3 is 15.0 Å². The predicted molar refractivity (Wildman–Crippen MR) is 96.9 cm³/mol. The molecule has 0 radical (unpaired) electrons. The van der Waals surface area contributed by atoms with E-state index in [4.69, 9.17) is 5.11 Å². The van der Waals surface area contributed by atoms with Crippen LogP contribution in [0.1, 0.15) is 12.5 Å². The zero-order chi connectivity index (χ0) is 19.6. The molecule has 3 rings (SSSR count). The SMILES string of the molecule is Cc1ccc([N+]2=NNC(C(=O)Nc3ccc(=O)n(CC(=O)O)c3)C2C)cc1. The molecule has 1 aromatic heterocycles. The summed E-state index contributed by atoms with van der Waals surface area (Å²) in [4.78, 5) is 35.1. The minimum Gasteiger partial charge on any atom is -0.480 e. The molecule has 0 saturated carbocycles. The molecule has 0 saturated heterocycles. The number of nitrogens with one attached hydrogen (secondary N) is 2. The summed E-state index contributed by atoms with van der Waals surface area (Å²) in [5, 5.41) is 15.8. The summed E-state index contributed by atoms with van der Waals surface area (Å²) in [7, 11) is 0. The number of anilines is 1. The number of amides is 1. The van der Waals surface area contributed by atoms with Crippen molar-refractivity contribution in [3.05, 3.63) is 58.5 Å². The van der Waals surface area contributed by atoms with Crippen molar-refractivity contribution in [1.82, 2.24) is 9.99 Å². The number of aryl methyl sites for hydroxylation is 1. The quantitative estimate of drug-likeness (QED) is 0.685. The summed E-state index contributed by atoms with van der Waals surface area (Å²) in [6.45, 7) is 3.39. The second-order valence-electron chi connectivity index (χ2n) is 6.39. The molecule has 9 heteroatoms. The number of rotatable bonds is 5. The molecule has 2 aromatic rings. The van der Waals surface area contributed by atoms with E-state index in [1.165, 1.54) is 18.3 Å². The molecule has 3 N–H and O–H groups in total. The van der Waals surface area contributed by atoms with E-state index in [1.807, 2.05) is 38.1 Å². The van der Waals surface area contributed by atoms with Crippen molar-refractivity contribution in [3.63, 3.8) is 0 Å². The Kier molecular flexibility index (Phi) is 5.02. The topological polar surface area (TPSA) is 116 Å². The van der Waals surface area contributed by atoms with Gasteiger partial charge in [0.2, 0.25) is 6.04 Å². The van der Waals surface area contributed by atoms with Crippen LogP contribution in [0.2, 0.25) is 0 Å². The van der Waals surface area contributed by atoms with Crippen molar-refractivity contribution in [2.75, 3.05) is 5.32 Å². The Morgan fingerprint density at radius 3 is 2.63 bits per heavy atom. The van der Waals surface area contributed by atoms with Gasteiger partial charge in [-0.2, -0.15) is 5.43 Å². The number of carboxylic acid groups (broad SMARTS) is 1. The summed E-state index contributed by atoms with van der Waals surface area (Å²) < 4.78 is 2.75. The van der Waals surface area contributed by atoms with Gasteiger partial charge in [-0.1, -0.05) is 17.7 Å². The van der Waals surface area contributed by atoms with Gasteiger partial charge >= 0.3 is 5.97 Å². The molecule has 140 valence electrons. The van der Waals surface area contributed by atoms with Gasteiger partial charge in [0.05, 0.1) is 10.9 Å². The van der Waals surface area contributed by atoms with Gasteiger partial charge in [-0.15, -0.1) is 4.70 Å². The molecule has 2 atom stereocenters. The number of pyridine rings is 1. The van der Waals surface area contributed by atoms with Crippen LogP contribution in [0.5, 0.6) is 0 Å². The molecule has 1 aromatic carbocycles. The summed E-state index contributed by atoms with van der Waals surface area (Å²) in [5.41, 5.74) is 4.70. The van der Waals surface area contributed by atoms with Crippen LogP contribution in [0, 0.1) is 6.92 Å². The normalized spacial score (nSPS) is 18.5. The average molecular weight is 370 g/mol. The molecule has 1 amide bonds.